The van der Waals surface area contributed by atoms with E-state index in [1.165, 1.54) is 19.3 Å². The molecule has 1 aromatic rings. The first kappa shape index (κ1) is 10.2. The third kappa shape index (κ3) is 2.10. The van der Waals surface area contributed by atoms with Crippen LogP contribution in [0.15, 0.2) is 4.52 Å². The molecule has 2 N–H and O–H groups in total. The van der Waals surface area contributed by atoms with Gasteiger partial charge in [-0.1, -0.05) is 5.16 Å². The fourth-order valence-corrected chi connectivity index (χ4v) is 2.28. The third-order valence-corrected chi connectivity index (χ3v) is 3.49. The second-order valence-electron chi connectivity index (χ2n) is 4.95. The first-order chi connectivity index (χ1) is 7.85. The summed E-state index contributed by atoms with van der Waals surface area (Å²) in [6, 6.07) is 0. The van der Waals surface area contributed by atoms with Crippen molar-refractivity contribution in [3.8, 4) is 0 Å². The van der Waals surface area contributed by atoms with E-state index < -0.39 is 0 Å². The lowest BCUT2D eigenvalue weighted by atomic mass is 10.1. The molecule has 0 amide bonds. The Balaban J connectivity index is 1.57. The van der Waals surface area contributed by atoms with E-state index in [0.29, 0.717) is 11.8 Å². The molecule has 5 heteroatoms. The minimum Gasteiger partial charge on any atom is -0.338 e. The molecule has 16 heavy (non-hydrogen) atoms. The number of rotatable bonds is 4. The molecule has 0 bridgehead atoms. The average Bonchev–Trinajstić information content (AvgIpc) is 2.88. The maximum absolute atomic E-state index is 5.66. The van der Waals surface area contributed by atoms with Crippen LogP contribution in [0.25, 0.3) is 0 Å². The number of aromatic nitrogens is 2. The Labute approximate surface area is 95.0 Å². The first-order valence-electron chi connectivity index (χ1n) is 6.10. The van der Waals surface area contributed by atoms with Gasteiger partial charge in [-0.15, -0.1) is 0 Å². The molecule has 2 heterocycles. The van der Waals surface area contributed by atoms with Gasteiger partial charge >= 0.3 is 0 Å². The van der Waals surface area contributed by atoms with Gasteiger partial charge in [0.2, 0.25) is 5.89 Å². The normalized spacial score (nSPS) is 26.4. The summed E-state index contributed by atoms with van der Waals surface area (Å²) in [5.74, 6) is 2.89. The van der Waals surface area contributed by atoms with Gasteiger partial charge in [-0.3, -0.25) is 4.90 Å². The Morgan fingerprint density at radius 1 is 1.38 bits per heavy atom. The summed E-state index contributed by atoms with van der Waals surface area (Å²) in [6.07, 6.45) is 3.63. The molecule has 1 aliphatic heterocycles. The Morgan fingerprint density at radius 2 is 2.25 bits per heavy atom. The summed E-state index contributed by atoms with van der Waals surface area (Å²) >= 11 is 0. The van der Waals surface area contributed by atoms with E-state index in [2.05, 4.69) is 15.0 Å². The summed E-state index contributed by atoms with van der Waals surface area (Å²) in [7, 11) is 0. The second-order valence-corrected chi connectivity index (χ2v) is 4.95. The maximum atomic E-state index is 5.66. The molecule has 0 aromatic carbocycles. The summed E-state index contributed by atoms with van der Waals surface area (Å²) in [5, 5.41) is 4.02. The minimum absolute atomic E-state index is 0.577. The van der Waals surface area contributed by atoms with Gasteiger partial charge in [0.05, 0.1) is 6.54 Å². The fraction of sp³-hybridized carbons (Fsp3) is 0.818. The Bertz CT molecular complexity index is 361. The van der Waals surface area contributed by atoms with E-state index in [-0.39, 0.29) is 0 Å². The van der Waals surface area contributed by atoms with Gasteiger partial charge in [-0.25, -0.2) is 0 Å². The van der Waals surface area contributed by atoms with Crippen molar-refractivity contribution in [3.63, 3.8) is 0 Å². The molecule has 2 aliphatic rings. The van der Waals surface area contributed by atoms with Crippen molar-refractivity contribution in [2.75, 3.05) is 19.6 Å². The van der Waals surface area contributed by atoms with Crippen molar-refractivity contribution in [3.05, 3.63) is 11.7 Å². The molecule has 1 unspecified atom stereocenters. The molecule has 2 fully saturated rings. The highest BCUT2D eigenvalue weighted by molar-refractivity contribution is 5.03. The van der Waals surface area contributed by atoms with Crippen molar-refractivity contribution < 1.29 is 4.52 Å². The molecule has 3 rings (SSSR count). The van der Waals surface area contributed by atoms with Crippen LogP contribution in [0.5, 0.6) is 0 Å². The second kappa shape index (κ2) is 4.14. The monoisotopic (exact) mass is 222 g/mol. The van der Waals surface area contributed by atoms with Gasteiger partial charge in [0.15, 0.2) is 5.82 Å². The highest BCUT2D eigenvalue weighted by atomic mass is 16.5. The van der Waals surface area contributed by atoms with E-state index >= 15 is 0 Å². The molecule has 5 nitrogen and oxygen atoms in total. The number of nitrogens with two attached hydrogens (primary N) is 1. The molecule has 1 saturated carbocycles. The Morgan fingerprint density at radius 3 is 2.94 bits per heavy atom. The Hall–Kier alpha value is -0.940. The van der Waals surface area contributed by atoms with E-state index in [1.807, 2.05) is 0 Å². The number of nitrogens with zero attached hydrogens (tertiary/aromatic N) is 3. The van der Waals surface area contributed by atoms with Crippen LogP contribution >= 0.6 is 0 Å². The smallest absolute Gasteiger partial charge is 0.240 e. The summed E-state index contributed by atoms with van der Waals surface area (Å²) in [6.45, 7) is 3.74. The van der Waals surface area contributed by atoms with Gasteiger partial charge in [-0.05, 0) is 38.3 Å². The van der Waals surface area contributed by atoms with Gasteiger partial charge in [0, 0.05) is 12.5 Å². The number of likely N-dealkylation sites (tertiary alicyclic amines) is 1. The quantitative estimate of drug-likeness (QED) is 0.813. The van der Waals surface area contributed by atoms with Gasteiger partial charge in [0.1, 0.15) is 0 Å². The van der Waals surface area contributed by atoms with Crippen LogP contribution in [-0.2, 0) is 6.54 Å². The molecular weight excluding hydrogens is 204 g/mol. The van der Waals surface area contributed by atoms with Crippen LogP contribution in [0.1, 0.15) is 36.9 Å². The zero-order chi connectivity index (χ0) is 11.0. The zero-order valence-electron chi connectivity index (χ0n) is 9.43. The molecule has 0 radical (unpaired) electrons. The molecule has 88 valence electrons. The lowest BCUT2D eigenvalue weighted by Crippen LogP contribution is -2.22. The topological polar surface area (TPSA) is 68.2 Å². The lowest BCUT2D eigenvalue weighted by Gasteiger charge is -2.11. The average molecular weight is 222 g/mol. The van der Waals surface area contributed by atoms with E-state index in [9.17, 15) is 0 Å². The lowest BCUT2D eigenvalue weighted by molar-refractivity contribution is 0.260. The Kier molecular flexibility index (Phi) is 2.65. The third-order valence-electron chi connectivity index (χ3n) is 3.49. The van der Waals surface area contributed by atoms with Crippen molar-refractivity contribution in [1.29, 1.82) is 0 Å². The van der Waals surface area contributed by atoms with Crippen molar-refractivity contribution in [1.82, 2.24) is 15.0 Å². The summed E-state index contributed by atoms with van der Waals surface area (Å²) in [5.41, 5.74) is 5.66. The first-order valence-corrected chi connectivity index (χ1v) is 6.10. The zero-order valence-corrected chi connectivity index (χ0v) is 9.43. The predicted octanol–water partition coefficient (Wildman–Crippen LogP) is 0.728. The highest BCUT2D eigenvalue weighted by Gasteiger charge is 2.29. The summed E-state index contributed by atoms with van der Waals surface area (Å²) < 4.78 is 5.26. The molecule has 0 spiro atoms. The van der Waals surface area contributed by atoms with Crippen molar-refractivity contribution in [2.24, 2.45) is 11.7 Å². The van der Waals surface area contributed by atoms with E-state index in [0.717, 1.165) is 37.9 Å². The van der Waals surface area contributed by atoms with Gasteiger partial charge < -0.3 is 10.3 Å². The van der Waals surface area contributed by atoms with Crippen LogP contribution in [0.4, 0.5) is 0 Å². The molecule has 1 saturated heterocycles. The molecule has 1 atom stereocenters. The van der Waals surface area contributed by atoms with Crippen LogP contribution < -0.4 is 5.73 Å². The molecule has 1 aromatic heterocycles. The van der Waals surface area contributed by atoms with Crippen LogP contribution in [0.2, 0.25) is 0 Å². The van der Waals surface area contributed by atoms with Crippen molar-refractivity contribution >= 4 is 0 Å². The van der Waals surface area contributed by atoms with Gasteiger partial charge in [0.25, 0.3) is 0 Å². The number of hydrogen-bond acceptors (Lipinski definition) is 5. The number of hydrogen-bond donors (Lipinski definition) is 1. The van der Waals surface area contributed by atoms with E-state index in [4.69, 9.17) is 10.3 Å². The van der Waals surface area contributed by atoms with Crippen LogP contribution in [0, 0.1) is 5.92 Å². The fourth-order valence-electron chi connectivity index (χ4n) is 2.28. The standard InChI is InChI=1S/C11H18N4O/c12-5-8-3-4-15(6-8)7-10-13-11(14-16-10)9-1-2-9/h8-9H,1-7,12H2. The molecule has 1 aliphatic carbocycles. The van der Waals surface area contributed by atoms with Gasteiger partial charge in [-0.2, -0.15) is 4.98 Å². The maximum Gasteiger partial charge on any atom is 0.240 e. The predicted molar refractivity (Wildman–Crippen MR) is 58.7 cm³/mol. The SMILES string of the molecule is NCC1CCN(Cc2nc(C3CC3)no2)C1. The molecular formula is C11H18N4O. The van der Waals surface area contributed by atoms with Crippen LogP contribution in [-0.4, -0.2) is 34.7 Å². The largest absolute Gasteiger partial charge is 0.338 e. The van der Waals surface area contributed by atoms with Crippen molar-refractivity contribution in [2.45, 2.75) is 31.7 Å². The van der Waals surface area contributed by atoms with Crippen LogP contribution in [0.3, 0.4) is 0 Å². The minimum atomic E-state index is 0.577. The highest BCUT2D eigenvalue weighted by Crippen LogP contribution is 2.38. The van der Waals surface area contributed by atoms with E-state index in [1.54, 1.807) is 0 Å². The summed E-state index contributed by atoms with van der Waals surface area (Å²) in [4.78, 5) is 6.78.